The molecule has 1 fully saturated rings. The van der Waals surface area contributed by atoms with Gasteiger partial charge >= 0.3 is 0 Å². The zero-order valence-electron chi connectivity index (χ0n) is 11.4. The van der Waals surface area contributed by atoms with Gasteiger partial charge in [0.15, 0.2) is 0 Å². The Balaban J connectivity index is 2.01. The van der Waals surface area contributed by atoms with E-state index in [0.29, 0.717) is 6.10 Å². The molecule has 1 aliphatic heterocycles. The summed E-state index contributed by atoms with van der Waals surface area (Å²) < 4.78 is 5.84. The number of nitrogens with zero attached hydrogens (tertiary/aromatic N) is 2. The molecule has 1 aromatic rings. The third-order valence-corrected chi connectivity index (χ3v) is 3.40. The first-order valence-corrected chi connectivity index (χ1v) is 6.79. The fraction of sp³-hybridized carbons (Fsp3) is 0.643. The Hall–Kier alpha value is -1.29. The maximum absolute atomic E-state index is 5.84. The topological polar surface area (TPSA) is 51.4 Å². The zero-order chi connectivity index (χ0) is 13.0. The second-order valence-electron chi connectivity index (χ2n) is 4.98. The molecule has 1 atom stereocenters. The van der Waals surface area contributed by atoms with E-state index >= 15 is 0 Å². The minimum atomic E-state index is 0.346. The first-order chi connectivity index (χ1) is 8.70. The van der Waals surface area contributed by atoms with Gasteiger partial charge in [0.2, 0.25) is 0 Å². The first-order valence-electron chi connectivity index (χ1n) is 6.79. The van der Waals surface area contributed by atoms with Gasteiger partial charge in [0.05, 0.1) is 18.0 Å². The molecule has 100 valence electrons. The summed E-state index contributed by atoms with van der Waals surface area (Å²) in [5.41, 5.74) is 7.66. The molecule has 2 N–H and O–H groups in total. The number of anilines is 2. The largest absolute Gasteiger partial charge is 0.397 e. The highest BCUT2D eigenvalue weighted by Crippen LogP contribution is 2.22. The van der Waals surface area contributed by atoms with Crippen LogP contribution in [0.1, 0.15) is 31.7 Å². The van der Waals surface area contributed by atoms with Gasteiger partial charge in [-0.15, -0.1) is 0 Å². The van der Waals surface area contributed by atoms with E-state index in [1.54, 1.807) is 6.20 Å². The lowest BCUT2D eigenvalue weighted by atomic mass is 10.1. The van der Waals surface area contributed by atoms with Gasteiger partial charge in [0.1, 0.15) is 5.82 Å². The van der Waals surface area contributed by atoms with E-state index in [2.05, 4.69) is 22.9 Å². The summed E-state index contributed by atoms with van der Waals surface area (Å²) in [6, 6.07) is 2.07. The van der Waals surface area contributed by atoms with Crippen LogP contribution in [0.3, 0.4) is 0 Å². The predicted molar refractivity (Wildman–Crippen MR) is 74.9 cm³/mol. The van der Waals surface area contributed by atoms with Crippen molar-refractivity contribution in [3.05, 3.63) is 17.8 Å². The van der Waals surface area contributed by atoms with Crippen LogP contribution in [0.5, 0.6) is 0 Å². The van der Waals surface area contributed by atoms with Crippen molar-refractivity contribution in [2.24, 2.45) is 0 Å². The lowest BCUT2D eigenvalue weighted by Crippen LogP contribution is -2.40. The van der Waals surface area contributed by atoms with E-state index in [9.17, 15) is 0 Å². The molecule has 1 saturated heterocycles. The molecule has 4 nitrogen and oxygen atoms in total. The van der Waals surface area contributed by atoms with Crippen LogP contribution in [0.15, 0.2) is 12.3 Å². The molecular weight excluding hydrogens is 226 g/mol. The maximum atomic E-state index is 5.84. The van der Waals surface area contributed by atoms with E-state index in [1.807, 2.05) is 6.92 Å². The van der Waals surface area contributed by atoms with Crippen molar-refractivity contribution in [3.8, 4) is 0 Å². The number of hydrogen-bond donors (Lipinski definition) is 1. The zero-order valence-corrected chi connectivity index (χ0v) is 11.4. The lowest BCUT2D eigenvalue weighted by Gasteiger charge is -2.33. The average Bonchev–Trinajstić information content (AvgIpc) is 2.40. The second-order valence-corrected chi connectivity index (χ2v) is 4.98. The van der Waals surface area contributed by atoms with Gasteiger partial charge in [0.25, 0.3) is 0 Å². The quantitative estimate of drug-likeness (QED) is 0.890. The van der Waals surface area contributed by atoms with Crippen molar-refractivity contribution < 1.29 is 4.74 Å². The molecule has 1 aliphatic rings. The number of ether oxygens (including phenoxy) is 1. The summed E-state index contributed by atoms with van der Waals surface area (Å²) >= 11 is 0. The van der Waals surface area contributed by atoms with Crippen LogP contribution in [0.2, 0.25) is 0 Å². The van der Waals surface area contributed by atoms with Gasteiger partial charge in [-0.3, -0.25) is 0 Å². The van der Waals surface area contributed by atoms with Crippen LogP contribution in [0, 0.1) is 6.92 Å². The van der Waals surface area contributed by atoms with Gasteiger partial charge in [-0.25, -0.2) is 4.98 Å². The molecule has 0 aromatic carbocycles. The van der Waals surface area contributed by atoms with Crippen LogP contribution < -0.4 is 10.6 Å². The first kappa shape index (κ1) is 13.1. The van der Waals surface area contributed by atoms with E-state index in [0.717, 1.165) is 49.6 Å². The SMILES string of the molecule is CCCOC1CCCN(c2cc(C)c(N)cn2)C1. The molecule has 2 rings (SSSR count). The van der Waals surface area contributed by atoms with Gasteiger partial charge in [-0.05, 0) is 37.8 Å². The fourth-order valence-electron chi connectivity index (χ4n) is 2.29. The highest BCUT2D eigenvalue weighted by Gasteiger charge is 2.21. The molecular formula is C14H23N3O. The van der Waals surface area contributed by atoms with Crippen LogP contribution in [0.4, 0.5) is 11.5 Å². The summed E-state index contributed by atoms with van der Waals surface area (Å²) in [6.45, 7) is 7.02. The Morgan fingerprint density at radius 2 is 2.39 bits per heavy atom. The summed E-state index contributed by atoms with van der Waals surface area (Å²) in [5, 5.41) is 0. The average molecular weight is 249 g/mol. The van der Waals surface area contributed by atoms with E-state index in [-0.39, 0.29) is 0 Å². The Morgan fingerprint density at radius 3 is 3.11 bits per heavy atom. The number of pyridine rings is 1. The summed E-state index contributed by atoms with van der Waals surface area (Å²) in [7, 11) is 0. The molecule has 1 unspecified atom stereocenters. The van der Waals surface area contributed by atoms with E-state index in [4.69, 9.17) is 10.5 Å². The van der Waals surface area contributed by atoms with Gasteiger partial charge in [-0.1, -0.05) is 6.92 Å². The summed E-state index contributed by atoms with van der Waals surface area (Å²) in [6.07, 6.45) is 5.50. The summed E-state index contributed by atoms with van der Waals surface area (Å²) in [5.74, 6) is 1.02. The molecule has 2 heterocycles. The van der Waals surface area contributed by atoms with Crippen molar-refractivity contribution in [2.75, 3.05) is 30.3 Å². The van der Waals surface area contributed by atoms with Crippen LogP contribution in [-0.4, -0.2) is 30.8 Å². The fourth-order valence-corrected chi connectivity index (χ4v) is 2.29. The highest BCUT2D eigenvalue weighted by molar-refractivity contribution is 5.52. The Labute approximate surface area is 109 Å². The monoisotopic (exact) mass is 249 g/mol. The molecule has 18 heavy (non-hydrogen) atoms. The Bertz CT molecular complexity index is 395. The van der Waals surface area contributed by atoms with Gasteiger partial charge < -0.3 is 15.4 Å². The third kappa shape index (κ3) is 3.13. The number of rotatable bonds is 4. The van der Waals surface area contributed by atoms with Gasteiger partial charge in [-0.2, -0.15) is 0 Å². The molecule has 0 amide bonds. The van der Waals surface area contributed by atoms with Crippen molar-refractivity contribution in [3.63, 3.8) is 0 Å². The van der Waals surface area contributed by atoms with Crippen molar-refractivity contribution in [2.45, 2.75) is 39.2 Å². The molecule has 4 heteroatoms. The van der Waals surface area contributed by atoms with Crippen molar-refractivity contribution in [1.29, 1.82) is 0 Å². The number of aryl methyl sites for hydroxylation is 1. The molecule has 0 bridgehead atoms. The molecule has 0 aliphatic carbocycles. The molecule has 0 radical (unpaired) electrons. The van der Waals surface area contributed by atoms with Crippen LogP contribution in [-0.2, 0) is 4.74 Å². The molecule has 0 saturated carbocycles. The summed E-state index contributed by atoms with van der Waals surface area (Å²) in [4.78, 5) is 6.72. The van der Waals surface area contributed by atoms with Crippen LogP contribution >= 0.6 is 0 Å². The van der Waals surface area contributed by atoms with Crippen LogP contribution in [0.25, 0.3) is 0 Å². The number of hydrogen-bond acceptors (Lipinski definition) is 4. The van der Waals surface area contributed by atoms with Crippen molar-refractivity contribution in [1.82, 2.24) is 4.98 Å². The third-order valence-electron chi connectivity index (χ3n) is 3.40. The number of aromatic nitrogens is 1. The minimum absolute atomic E-state index is 0.346. The van der Waals surface area contributed by atoms with Crippen molar-refractivity contribution >= 4 is 11.5 Å². The second kappa shape index (κ2) is 6.05. The minimum Gasteiger partial charge on any atom is -0.397 e. The number of nitrogen functional groups attached to an aromatic ring is 1. The lowest BCUT2D eigenvalue weighted by molar-refractivity contribution is 0.0439. The number of nitrogens with two attached hydrogens (primary N) is 1. The Morgan fingerprint density at radius 1 is 1.56 bits per heavy atom. The molecule has 0 spiro atoms. The van der Waals surface area contributed by atoms with E-state index in [1.165, 1.54) is 6.42 Å². The maximum Gasteiger partial charge on any atom is 0.128 e. The highest BCUT2D eigenvalue weighted by atomic mass is 16.5. The molecule has 1 aromatic heterocycles. The Kier molecular flexibility index (Phi) is 4.42. The van der Waals surface area contributed by atoms with E-state index < -0.39 is 0 Å². The standard InChI is InChI=1S/C14H23N3O/c1-3-7-18-12-5-4-6-17(10-12)14-8-11(2)13(15)9-16-14/h8-9,12H,3-7,10,15H2,1-2H3. The number of piperidine rings is 1. The smallest absolute Gasteiger partial charge is 0.128 e. The normalized spacial score (nSPS) is 20.1. The van der Waals surface area contributed by atoms with Gasteiger partial charge in [0, 0.05) is 19.7 Å². The predicted octanol–water partition coefficient (Wildman–Crippen LogP) is 2.37.